The van der Waals surface area contributed by atoms with Gasteiger partial charge in [-0.25, -0.2) is 4.79 Å². The highest BCUT2D eigenvalue weighted by Crippen LogP contribution is 2.21. The van der Waals surface area contributed by atoms with E-state index in [0.29, 0.717) is 0 Å². The molecule has 0 unspecified atom stereocenters. The zero-order chi connectivity index (χ0) is 15.1. The first kappa shape index (κ1) is 15.4. The summed E-state index contributed by atoms with van der Waals surface area (Å²) in [4.78, 5) is 24.8. The molecule has 114 valence electrons. The maximum absolute atomic E-state index is 12.2. The number of primary amides is 1. The third-order valence-corrected chi connectivity index (χ3v) is 3.97. The van der Waals surface area contributed by atoms with Crippen molar-refractivity contribution in [3.05, 3.63) is 35.9 Å². The number of piperidine rings is 1. The number of aryl methyl sites for hydroxylation is 1. The van der Waals surface area contributed by atoms with Crippen molar-refractivity contribution in [1.29, 1.82) is 0 Å². The fraction of sp³-hybridized carbons (Fsp3) is 0.500. The van der Waals surface area contributed by atoms with Crippen LogP contribution in [0.3, 0.4) is 0 Å². The van der Waals surface area contributed by atoms with Gasteiger partial charge in [0.1, 0.15) is 0 Å². The van der Waals surface area contributed by atoms with Gasteiger partial charge in [0.05, 0.1) is 6.54 Å². The van der Waals surface area contributed by atoms with Crippen LogP contribution in [0.1, 0.15) is 31.2 Å². The summed E-state index contributed by atoms with van der Waals surface area (Å²) in [7, 11) is 0. The van der Waals surface area contributed by atoms with Crippen LogP contribution in [0.15, 0.2) is 30.3 Å². The predicted molar refractivity (Wildman–Crippen MR) is 81.7 cm³/mol. The largest absolute Gasteiger partial charge is 0.352 e. The zero-order valence-electron chi connectivity index (χ0n) is 12.3. The normalized spacial score (nSPS) is 18.3. The summed E-state index contributed by atoms with van der Waals surface area (Å²) in [6.45, 7) is 0.774. The first-order valence-corrected chi connectivity index (χ1v) is 7.53. The Balaban J connectivity index is 1.89. The lowest BCUT2D eigenvalue weighted by atomic mass is 9.95. The van der Waals surface area contributed by atoms with Gasteiger partial charge in [0.15, 0.2) is 0 Å². The molecule has 3 amide bonds. The third kappa shape index (κ3) is 4.77. The maximum atomic E-state index is 12.2. The van der Waals surface area contributed by atoms with Gasteiger partial charge in [0, 0.05) is 12.6 Å². The van der Waals surface area contributed by atoms with Crippen molar-refractivity contribution in [2.75, 3.05) is 13.1 Å². The molecule has 5 nitrogen and oxygen atoms in total. The van der Waals surface area contributed by atoms with Gasteiger partial charge in [-0.15, -0.1) is 0 Å². The molecule has 1 saturated heterocycles. The van der Waals surface area contributed by atoms with Crippen LogP contribution in [0.4, 0.5) is 4.79 Å². The molecule has 1 aliphatic rings. The van der Waals surface area contributed by atoms with Crippen LogP contribution in [0.5, 0.6) is 0 Å². The molecule has 0 bridgehead atoms. The van der Waals surface area contributed by atoms with E-state index >= 15 is 0 Å². The number of benzene rings is 1. The van der Waals surface area contributed by atoms with Gasteiger partial charge in [-0.05, 0) is 37.7 Å². The number of hydrogen-bond acceptors (Lipinski definition) is 2. The van der Waals surface area contributed by atoms with Crippen molar-refractivity contribution in [1.82, 2.24) is 10.2 Å². The molecule has 3 N–H and O–H groups in total. The minimum atomic E-state index is -0.652. The molecule has 5 heteroatoms. The lowest BCUT2D eigenvalue weighted by Crippen LogP contribution is -2.48. The van der Waals surface area contributed by atoms with Gasteiger partial charge in [-0.1, -0.05) is 30.3 Å². The van der Waals surface area contributed by atoms with E-state index in [-0.39, 0.29) is 18.5 Å². The molecule has 1 fully saturated rings. The summed E-state index contributed by atoms with van der Waals surface area (Å²) in [5, 5.41) is 2.38. The smallest absolute Gasteiger partial charge is 0.312 e. The van der Waals surface area contributed by atoms with Crippen molar-refractivity contribution in [2.24, 2.45) is 5.73 Å². The van der Waals surface area contributed by atoms with Gasteiger partial charge < -0.3 is 16.0 Å². The van der Waals surface area contributed by atoms with Crippen molar-refractivity contribution in [3.63, 3.8) is 0 Å². The fourth-order valence-electron chi connectivity index (χ4n) is 2.87. The second kappa shape index (κ2) is 7.67. The van der Waals surface area contributed by atoms with Crippen LogP contribution >= 0.6 is 0 Å². The standard InChI is InChI=1S/C16H23N3O2/c17-16(21)18-12-15(20)19-11-5-4-8-14(19)10-9-13-6-2-1-3-7-13/h1-3,6-7,14H,4-5,8-12H2,(H3,17,18,21)/t14-/m0/s1. The molecular formula is C16H23N3O2. The number of carbonyl (C=O) groups excluding carboxylic acids is 2. The average Bonchev–Trinajstić information content (AvgIpc) is 2.52. The number of rotatable bonds is 5. The molecular weight excluding hydrogens is 266 g/mol. The highest BCUT2D eigenvalue weighted by atomic mass is 16.2. The highest BCUT2D eigenvalue weighted by Gasteiger charge is 2.26. The van der Waals surface area contributed by atoms with E-state index < -0.39 is 6.03 Å². The molecule has 0 aliphatic carbocycles. The van der Waals surface area contributed by atoms with Gasteiger partial charge in [-0.2, -0.15) is 0 Å². The van der Waals surface area contributed by atoms with E-state index in [2.05, 4.69) is 17.4 Å². The number of nitrogens with one attached hydrogen (secondary N) is 1. The predicted octanol–water partition coefficient (Wildman–Crippen LogP) is 1.67. The van der Waals surface area contributed by atoms with Crippen molar-refractivity contribution in [2.45, 2.75) is 38.1 Å². The maximum Gasteiger partial charge on any atom is 0.312 e. The molecule has 0 saturated carbocycles. The fourth-order valence-corrected chi connectivity index (χ4v) is 2.87. The van der Waals surface area contributed by atoms with Crippen LogP contribution in [-0.4, -0.2) is 36.0 Å². The van der Waals surface area contributed by atoms with Crippen molar-refractivity contribution >= 4 is 11.9 Å². The highest BCUT2D eigenvalue weighted by molar-refractivity contribution is 5.83. The van der Waals surface area contributed by atoms with Crippen LogP contribution in [0, 0.1) is 0 Å². The van der Waals surface area contributed by atoms with Gasteiger partial charge >= 0.3 is 6.03 Å². The topological polar surface area (TPSA) is 75.4 Å². The first-order chi connectivity index (χ1) is 10.2. The molecule has 1 aromatic carbocycles. The van der Waals surface area contributed by atoms with Crippen molar-refractivity contribution in [3.8, 4) is 0 Å². The molecule has 1 aromatic rings. The van der Waals surface area contributed by atoms with Gasteiger partial charge in [-0.3, -0.25) is 4.79 Å². The second-order valence-electron chi connectivity index (χ2n) is 5.48. The molecule has 0 spiro atoms. The number of carbonyl (C=O) groups is 2. The number of nitrogens with zero attached hydrogens (tertiary/aromatic N) is 1. The zero-order valence-corrected chi connectivity index (χ0v) is 12.3. The molecule has 1 aliphatic heterocycles. The lowest BCUT2D eigenvalue weighted by molar-refractivity contribution is -0.133. The number of hydrogen-bond donors (Lipinski definition) is 2. The van der Waals surface area contributed by atoms with Gasteiger partial charge in [0.2, 0.25) is 5.91 Å². The minimum absolute atomic E-state index is 0.00281. The molecule has 21 heavy (non-hydrogen) atoms. The molecule has 1 heterocycles. The van der Waals surface area contributed by atoms with Crippen LogP contribution in [0.25, 0.3) is 0 Å². The van der Waals surface area contributed by atoms with E-state index in [1.807, 2.05) is 23.1 Å². The summed E-state index contributed by atoms with van der Waals surface area (Å²) >= 11 is 0. The van der Waals surface area contributed by atoms with Crippen LogP contribution in [0.2, 0.25) is 0 Å². The van der Waals surface area contributed by atoms with Crippen molar-refractivity contribution < 1.29 is 9.59 Å². The Morgan fingerprint density at radius 2 is 2.00 bits per heavy atom. The Labute approximate surface area is 125 Å². The Bertz CT molecular complexity index is 476. The summed E-state index contributed by atoms with van der Waals surface area (Å²) in [6, 6.07) is 9.93. The number of amides is 3. The SMILES string of the molecule is NC(=O)NCC(=O)N1CCCC[C@H]1CCc1ccccc1. The van der Waals surface area contributed by atoms with E-state index in [9.17, 15) is 9.59 Å². The quantitative estimate of drug-likeness (QED) is 0.865. The molecule has 2 rings (SSSR count). The summed E-state index contributed by atoms with van der Waals surface area (Å²) in [5.41, 5.74) is 6.32. The molecule has 0 aromatic heterocycles. The Morgan fingerprint density at radius 3 is 2.71 bits per heavy atom. The van der Waals surface area contributed by atoms with E-state index in [4.69, 9.17) is 5.73 Å². The summed E-state index contributed by atoms with van der Waals surface area (Å²) in [5.74, 6) is -0.0356. The number of likely N-dealkylation sites (tertiary alicyclic amines) is 1. The molecule has 1 atom stereocenters. The number of urea groups is 1. The third-order valence-electron chi connectivity index (χ3n) is 3.97. The number of nitrogens with two attached hydrogens (primary N) is 1. The second-order valence-corrected chi connectivity index (χ2v) is 5.48. The first-order valence-electron chi connectivity index (χ1n) is 7.53. The van der Waals surface area contributed by atoms with Crippen LogP contribution < -0.4 is 11.1 Å². The lowest BCUT2D eigenvalue weighted by Gasteiger charge is -2.36. The van der Waals surface area contributed by atoms with E-state index in [1.165, 1.54) is 5.56 Å². The Morgan fingerprint density at radius 1 is 1.24 bits per heavy atom. The van der Waals surface area contributed by atoms with Gasteiger partial charge in [0.25, 0.3) is 0 Å². The monoisotopic (exact) mass is 289 g/mol. The average molecular weight is 289 g/mol. The Hall–Kier alpha value is -2.04. The van der Waals surface area contributed by atoms with E-state index in [1.54, 1.807) is 0 Å². The van der Waals surface area contributed by atoms with E-state index in [0.717, 1.165) is 38.6 Å². The van der Waals surface area contributed by atoms with Crippen LogP contribution in [-0.2, 0) is 11.2 Å². The summed E-state index contributed by atoms with van der Waals surface area (Å²) in [6.07, 6.45) is 5.16. The minimum Gasteiger partial charge on any atom is -0.352 e. The Kier molecular flexibility index (Phi) is 5.60. The summed E-state index contributed by atoms with van der Waals surface area (Å²) < 4.78 is 0. The molecule has 0 radical (unpaired) electrons.